The first-order valence-corrected chi connectivity index (χ1v) is 9.32. The molecular weight excluding hydrogens is 278 g/mol. The van der Waals surface area contributed by atoms with E-state index in [0.717, 1.165) is 38.5 Å². The van der Waals surface area contributed by atoms with E-state index in [1.807, 2.05) is 6.92 Å². The molecule has 0 aromatic rings. The summed E-state index contributed by atoms with van der Waals surface area (Å²) in [5, 5.41) is 9.36. The Bertz CT molecular complexity index is 448. The van der Waals surface area contributed by atoms with Gasteiger partial charge in [-0.25, -0.2) is 8.42 Å². The van der Waals surface area contributed by atoms with Gasteiger partial charge >= 0.3 is 5.97 Å². The van der Waals surface area contributed by atoms with E-state index < -0.39 is 22.0 Å². The second kappa shape index (κ2) is 6.43. The molecule has 3 atom stereocenters. The Hall–Kier alpha value is -0.620. The maximum Gasteiger partial charge on any atom is 0.322 e. The summed E-state index contributed by atoms with van der Waals surface area (Å²) in [6.07, 6.45) is 6.84. The van der Waals surface area contributed by atoms with Gasteiger partial charge in [-0.1, -0.05) is 32.6 Å². The van der Waals surface area contributed by atoms with Gasteiger partial charge in [-0.2, -0.15) is 4.31 Å². The highest BCUT2D eigenvalue weighted by molar-refractivity contribution is 7.89. The van der Waals surface area contributed by atoms with Gasteiger partial charge < -0.3 is 5.11 Å². The van der Waals surface area contributed by atoms with Gasteiger partial charge in [0.15, 0.2) is 0 Å². The molecule has 0 amide bonds. The Labute approximate surface area is 121 Å². The second-order valence-corrected chi connectivity index (χ2v) is 8.05. The molecule has 0 aromatic carbocycles. The Morgan fingerprint density at radius 2 is 1.95 bits per heavy atom. The third kappa shape index (κ3) is 3.17. The number of fused-ring (bicyclic) bond motifs is 1. The minimum atomic E-state index is -3.44. The lowest BCUT2D eigenvalue weighted by Crippen LogP contribution is -2.47. The van der Waals surface area contributed by atoms with Gasteiger partial charge in [0.25, 0.3) is 0 Å². The molecule has 0 bridgehead atoms. The molecule has 5 nitrogen and oxygen atoms in total. The minimum Gasteiger partial charge on any atom is -0.480 e. The van der Waals surface area contributed by atoms with Gasteiger partial charge in [0.2, 0.25) is 10.0 Å². The number of nitrogens with zero attached hydrogens (tertiary/aromatic N) is 1. The van der Waals surface area contributed by atoms with Crippen molar-refractivity contribution >= 4 is 16.0 Å². The molecule has 1 aliphatic carbocycles. The first-order valence-electron chi connectivity index (χ1n) is 7.71. The number of carboxylic acids is 1. The number of aliphatic carboxylic acids is 1. The Kier molecular flexibility index (Phi) is 5.07. The number of hydrogen-bond donors (Lipinski definition) is 1. The monoisotopic (exact) mass is 303 g/mol. The van der Waals surface area contributed by atoms with Crippen molar-refractivity contribution in [1.29, 1.82) is 0 Å². The summed E-state index contributed by atoms with van der Waals surface area (Å²) >= 11 is 0. The lowest BCUT2D eigenvalue weighted by Gasteiger charge is -2.32. The van der Waals surface area contributed by atoms with Crippen LogP contribution in [0.25, 0.3) is 0 Å². The topological polar surface area (TPSA) is 74.7 Å². The summed E-state index contributed by atoms with van der Waals surface area (Å²) in [6, 6.07) is -0.911. The first kappa shape index (κ1) is 15.8. The van der Waals surface area contributed by atoms with Crippen molar-refractivity contribution in [1.82, 2.24) is 4.31 Å². The summed E-state index contributed by atoms with van der Waals surface area (Å²) < 4.78 is 26.4. The second-order valence-electron chi connectivity index (χ2n) is 6.05. The van der Waals surface area contributed by atoms with Crippen molar-refractivity contribution in [2.75, 3.05) is 5.75 Å². The molecule has 0 aromatic heterocycles. The summed E-state index contributed by atoms with van der Waals surface area (Å²) in [4.78, 5) is 11.4. The summed E-state index contributed by atoms with van der Waals surface area (Å²) in [5.41, 5.74) is 0. The highest BCUT2D eigenvalue weighted by Crippen LogP contribution is 2.41. The summed E-state index contributed by atoms with van der Waals surface area (Å²) in [7, 11) is -3.44. The number of unbranched alkanes of at least 4 members (excludes halogenated alkanes) is 2. The fourth-order valence-electron chi connectivity index (χ4n) is 3.67. The van der Waals surface area contributed by atoms with E-state index in [0.29, 0.717) is 12.8 Å². The number of rotatable bonds is 6. The summed E-state index contributed by atoms with van der Waals surface area (Å²) in [5.74, 6) is -0.655. The molecule has 20 heavy (non-hydrogen) atoms. The maximum atomic E-state index is 12.5. The Morgan fingerprint density at radius 1 is 1.25 bits per heavy atom. The predicted octanol–water partition coefficient (Wildman–Crippen LogP) is 2.22. The molecule has 0 radical (unpaired) electrons. The van der Waals surface area contributed by atoms with Crippen molar-refractivity contribution in [2.45, 2.75) is 70.4 Å². The van der Waals surface area contributed by atoms with Crippen molar-refractivity contribution in [3.05, 3.63) is 0 Å². The molecule has 1 aliphatic heterocycles. The van der Waals surface area contributed by atoms with Gasteiger partial charge in [0.05, 0.1) is 5.75 Å². The number of carbonyl (C=O) groups is 1. The molecule has 2 aliphatic rings. The standard InChI is InChI=1S/C14H25NO4S/c1-2-3-6-9-20(18,19)15-12-8-5-4-7-11(12)10-13(15)14(16)17/h11-13H,2-10H2,1H3,(H,16,17). The van der Waals surface area contributed by atoms with Gasteiger partial charge in [-0.15, -0.1) is 0 Å². The summed E-state index contributed by atoms with van der Waals surface area (Å²) in [6.45, 7) is 2.03. The molecular formula is C14H25NO4S. The van der Waals surface area contributed by atoms with Crippen molar-refractivity contribution < 1.29 is 18.3 Å². The molecule has 3 unspecified atom stereocenters. The van der Waals surface area contributed by atoms with Crippen molar-refractivity contribution in [2.24, 2.45) is 5.92 Å². The van der Waals surface area contributed by atoms with Crippen LogP contribution in [0.5, 0.6) is 0 Å². The highest BCUT2D eigenvalue weighted by Gasteiger charge is 2.50. The molecule has 116 valence electrons. The van der Waals surface area contributed by atoms with Gasteiger partial charge in [0.1, 0.15) is 6.04 Å². The third-order valence-corrected chi connectivity index (χ3v) is 6.61. The largest absolute Gasteiger partial charge is 0.480 e. The zero-order valence-corrected chi connectivity index (χ0v) is 12.9. The normalized spacial score (nSPS) is 31.1. The van der Waals surface area contributed by atoms with E-state index in [2.05, 4.69) is 0 Å². The average Bonchev–Trinajstić information content (AvgIpc) is 2.79. The van der Waals surface area contributed by atoms with E-state index in [9.17, 15) is 18.3 Å². The lowest BCUT2D eigenvalue weighted by molar-refractivity contribution is -0.141. The van der Waals surface area contributed by atoms with Crippen LogP contribution in [0.4, 0.5) is 0 Å². The zero-order chi connectivity index (χ0) is 14.8. The molecule has 1 N–H and O–H groups in total. The number of carboxylic acid groups (broad SMARTS) is 1. The minimum absolute atomic E-state index is 0.0727. The van der Waals surface area contributed by atoms with E-state index >= 15 is 0 Å². The molecule has 2 rings (SSSR count). The van der Waals surface area contributed by atoms with E-state index in [-0.39, 0.29) is 17.7 Å². The fraction of sp³-hybridized carbons (Fsp3) is 0.929. The Morgan fingerprint density at radius 3 is 2.60 bits per heavy atom. The van der Waals surface area contributed by atoms with Crippen LogP contribution in [0, 0.1) is 5.92 Å². The van der Waals surface area contributed by atoms with Gasteiger partial charge in [0, 0.05) is 6.04 Å². The number of hydrogen-bond acceptors (Lipinski definition) is 3. The van der Waals surface area contributed by atoms with Gasteiger partial charge in [-0.05, 0) is 31.6 Å². The molecule has 2 fully saturated rings. The van der Waals surface area contributed by atoms with Crippen LogP contribution in [0.15, 0.2) is 0 Å². The van der Waals surface area contributed by atoms with Crippen LogP contribution in [-0.4, -0.2) is 41.6 Å². The SMILES string of the molecule is CCCCCS(=O)(=O)N1C(C(=O)O)CC2CCCCC21. The first-order chi connectivity index (χ1) is 9.47. The predicted molar refractivity (Wildman–Crippen MR) is 76.9 cm³/mol. The zero-order valence-electron chi connectivity index (χ0n) is 12.1. The highest BCUT2D eigenvalue weighted by atomic mass is 32.2. The van der Waals surface area contributed by atoms with E-state index in [1.165, 1.54) is 4.31 Å². The third-order valence-electron chi connectivity index (χ3n) is 4.64. The van der Waals surface area contributed by atoms with Crippen LogP contribution in [-0.2, 0) is 14.8 Å². The lowest BCUT2D eigenvalue weighted by atomic mass is 9.85. The molecule has 1 heterocycles. The smallest absolute Gasteiger partial charge is 0.322 e. The van der Waals surface area contributed by atoms with Crippen molar-refractivity contribution in [3.63, 3.8) is 0 Å². The molecule has 6 heteroatoms. The van der Waals surface area contributed by atoms with Crippen LogP contribution < -0.4 is 0 Å². The fourth-order valence-corrected chi connectivity index (χ4v) is 5.70. The van der Waals surface area contributed by atoms with E-state index in [4.69, 9.17) is 0 Å². The van der Waals surface area contributed by atoms with Crippen LogP contribution >= 0.6 is 0 Å². The van der Waals surface area contributed by atoms with Crippen LogP contribution in [0.2, 0.25) is 0 Å². The quantitative estimate of drug-likeness (QED) is 0.764. The van der Waals surface area contributed by atoms with Gasteiger partial charge in [-0.3, -0.25) is 4.79 Å². The molecule has 1 saturated heterocycles. The molecule has 1 saturated carbocycles. The van der Waals surface area contributed by atoms with Crippen LogP contribution in [0.1, 0.15) is 58.3 Å². The Balaban J connectivity index is 2.18. The number of sulfonamides is 1. The van der Waals surface area contributed by atoms with Crippen LogP contribution in [0.3, 0.4) is 0 Å². The molecule has 0 spiro atoms. The average molecular weight is 303 g/mol. The van der Waals surface area contributed by atoms with Crippen molar-refractivity contribution in [3.8, 4) is 0 Å². The maximum absolute atomic E-state index is 12.5. The van der Waals surface area contributed by atoms with E-state index in [1.54, 1.807) is 0 Å².